The standard InChI is InChI=1S/C15H21BrN4S.HI/c1-2-17-15(19-9-12-20-10-3-4-11-20)18-8-7-13-5-6-14(16)21-13;/h3-6,10-11H,2,7-9,12H2,1H3,(H2,17,18,19);1H. The molecule has 2 N–H and O–H groups in total. The van der Waals surface area contributed by atoms with Crippen molar-refractivity contribution < 1.29 is 0 Å². The smallest absolute Gasteiger partial charge is 0.191 e. The van der Waals surface area contributed by atoms with Gasteiger partial charge in [0.25, 0.3) is 0 Å². The predicted molar refractivity (Wildman–Crippen MR) is 110 cm³/mol. The first kappa shape index (κ1) is 19.5. The zero-order valence-corrected chi connectivity index (χ0v) is 17.3. The van der Waals surface area contributed by atoms with Gasteiger partial charge in [0.2, 0.25) is 0 Å². The monoisotopic (exact) mass is 496 g/mol. The van der Waals surface area contributed by atoms with Crippen molar-refractivity contribution in [1.29, 1.82) is 0 Å². The number of hydrogen-bond donors (Lipinski definition) is 2. The number of hydrogen-bond acceptors (Lipinski definition) is 2. The Kier molecular flexibility index (Phi) is 9.81. The molecule has 0 aliphatic rings. The topological polar surface area (TPSA) is 41.4 Å². The molecule has 2 rings (SSSR count). The molecule has 0 radical (unpaired) electrons. The minimum atomic E-state index is 0. The number of halogens is 2. The molecule has 0 aliphatic carbocycles. The quantitative estimate of drug-likeness (QED) is 0.348. The number of nitrogens with zero attached hydrogens (tertiary/aromatic N) is 2. The van der Waals surface area contributed by atoms with Crippen molar-refractivity contribution in [2.75, 3.05) is 19.6 Å². The second-order valence-electron chi connectivity index (χ2n) is 4.56. The van der Waals surface area contributed by atoms with Crippen LogP contribution in [-0.4, -0.2) is 30.2 Å². The van der Waals surface area contributed by atoms with Gasteiger partial charge < -0.3 is 15.2 Å². The third-order valence-electron chi connectivity index (χ3n) is 2.93. The van der Waals surface area contributed by atoms with E-state index < -0.39 is 0 Å². The fourth-order valence-electron chi connectivity index (χ4n) is 1.93. The summed E-state index contributed by atoms with van der Waals surface area (Å²) in [4.78, 5) is 5.97. The number of guanidine groups is 1. The summed E-state index contributed by atoms with van der Waals surface area (Å²) in [6.07, 6.45) is 5.12. The Morgan fingerprint density at radius 2 is 2.05 bits per heavy atom. The van der Waals surface area contributed by atoms with Crippen LogP contribution in [0.3, 0.4) is 0 Å². The predicted octanol–water partition coefficient (Wildman–Crippen LogP) is 3.73. The molecule has 7 heteroatoms. The lowest BCUT2D eigenvalue weighted by Crippen LogP contribution is -2.39. The molecule has 2 heterocycles. The third kappa shape index (κ3) is 7.15. The average molecular weight is 497 g/mol. The van der Waals surface area contributed by atoms with Crippen LogP contribution in [-0.2, 0) is 13.0 Å². The highest BCUT2D eigenvalue weighted by Crippen LogP contribution is 2.22. The van der Waals surface area contributed by atoms with Crippen molar-refractivity contribution in [1.82, 2.24) is 15.2 Å². The molecule has 2 aromatic heterocycles. The number of nitrogens with one attached hydrogen (secondary N) is 2. The molecular weight excluding hydrogens is 475 g/mol. The molecule has 0 spiro atoms. The van der Waals surface area contributed by atoms with Gasteiger partial charge in [-0.2, -0.15) is 0 Å². The maximum absolute atomic E-state index is 4.61. The summed E-state index contributed by atoms with van der Waals surface area (Å²) >= 11 is 5.26. The first-order valence-corrected chi connectivity index (χ1v) is 8.76. The van der Waals surface area contributed by atoms with Crippen molar-refractivity contribution in [3.8, 4) is 0 Å². The highest BCUT2D eigenvalue weighted by molar-refractivity contribution is 14.0. The molecule has 0 atom stereocenters. The minimum Gasteiger partial charge on any atom is -0.357 e. The van der Waals surface area contributed by atoms with Crippen LogP contribution in [0.1, 0.15) is 11.8 Å². The second-order valence-corrected chi connectivity index (χ2v) is 7.11. The van der Waals surface area contributed by atoms with Gasteiger partial charge in [0.05, 0.1) is 3.79 Å². The Morgan fingerprint density at radius 3 is 2.68 bits per heavy atom. The Morgan fingerprint density at radius 1 is 1.27 bits per heavy atom. The van der Waals surface area contributed by atoms with Gasteiger partial charge in [0.15, 0.2) is 5.96 Å². The lowest BCUT2D eigenvalue weighted by atomic mass is 10.3. The van der Waals surface area contributed by atoms with Gasteiger partial charge in [-0.25, -0.2) is 0 Å². The van der Waals surface area contributed by atoms with Crippen LogP contribution >= 0.6 is 51.2 Å². The molecule has 122 valence electrons. The van der Waals surface area contributed by atoms with Crippen molar-refractivity contribution in [3.05, 3.63) is 45.3 Å². The number of aromatic nitrogens is 1. The Labute approximate surface area is 161 Å². The van der Waals surface area contributed by atoms with Gasteiger partial charge in [-0.15, -0.1) is 35.3 Å². The van der Waals surface area contributed by atoms with Crippen LogP contribution in [0, 0.1) is 0 Å². The fourth-order valence-corrected chi connectivity index (χ4v) is 3.40. The van der Waals surface area contributed by atoms with E-state index in [0.29, 0.717) is 0 Å². The lowest BCUT2D eigenvalue weighted by molar-refractivity contribution is 0.666. The summed E-state index contributed by atoms with van der Waals surface area (Å²) in [5, 5.41) is 6.64. The van der Waals surface area contributed by atoms with E-state index in [4.69, 9.17) is 0 Å². The van der Waals surface area contributed by atoms with E-state index in [1.165, 1.54) is 8.66 Å². The van der Waals surface area contributed by atoms with Gasteiger partial charge in [-0.05, 0) is 47.1 Å². The molecule has 0 amide bonds. The van der Waals surface area contributed by atoms with Crippen molar-refractivity contribution in [2.24, 2.45) is 4.99 Å². The average Bonchev–Trinajstić information content (AvgIpc) is 3.11. The molecule has 0 aliphatic heterocycles. The zero-order valence-electron chi connectivity index (χ0n) is 12.6. The molecule has 0 saturated heterocycles. The molecule has 0 fully saturated rings. The summed E-state index contributed by atoms with van der Waals surface area (Å²) in [6.45, 7) is 5.56. The number of thiophene rings is 1. The van der Waals surface area contributed by atoms with E-state index in [0.717, 1.165) is 38.6 Å². The number of rotatable bonds is 7. The molecule has 22 heavy (non-hydrogen) atoms. The molecule has 2 aromatic rings. The molecule has 0 aromatic carbocycles. The summed E-state index contributed by atoms with van der Waals surface area (Å²) in [6, 6.07) is 8.32. The van der Waals surface area contributed by atoms with Gasteiger partial charge in [-0.1, -0.05) is 0 Å². The molecule has 0 unspecified atom stereocenters. The van der Waals surface area contributed by atoms with Gasteiger partial charge in [0.1, 0.15) is 0 Å². The van der Waals surface area contributed by atoms with Crippen LogP contribution in [0.5, 0.6) is 0 Å². The van der Waals surface area contributed by atoms with Crippen LogP contribution < -0.4 is 10.6 Å². The molecule has 4 nitrogen and oxygen atoms in total. The number of aliphatic imine (C=N–C) groups is 1. The van der Waals surface area contributed by atoms with Crippen molar-refractivity contribution >= 4 is 57.2 Å². The lowest BCUT2D eigenvalue weighted by Gasteiger charge is -2.11. The van der Waals surface area contributed by atoms with Gasteiger partial charge >= 0.3 is 0 Å². The molecule has 0 bridgehead atoms. The Bertz CT molecular complexity index is 554. The van der Waals surface area contributed by atoms with Crippen LogP contribution in [0.4, 0.5) is 0 Å². The third-order valence-corrected chi connectivity index (χ3v) is 4.61. The summed E-state index contributed by atoms with van der Waals surface area (Å²) in [5.74, 6) is 0.889. The molecular formula is C15H22BrIN4S. The minimum absolute atomic E-state index is 0. The van der Waals surface area contributed by atoms with Crippen molar-refractivity contribution in [2.45, 2.75) is 19.9 Å². The van der Waals surface area contributed by atoms with Gasteiger partial charge in [-0.3, -0.25) is 4.99 Å². The first-order valence-electron chi connectivity index (χ1n) is 7.15. The van der Waals surface area contributed by atoms with E-state index in [2.05, 4.69) is 67.6 Å². The first-order chi connectivity index (χ1) is 10.3. The maximum Gasteiger partial charge on any atom is 0.191 e. The zero-order chi connectivity index (χ0) is 14.9. The van der Waals surface area contributed by atoms with Gasteiger partial charge in [0, 0.05) is 49.9 Å². The largest absolute Gasteiger partial charge is 0.357 e. The second kappa shape index (κ2) is 11.1. The summed E-state index contributed by atoms with van der Waals surface area (Å²) in [5.41, 5.74) is 0. The normalized spacial score (nSPS) is 11.1. The van der Waals surface area contributed by atoms with E-state index in [9.17, 15) is 0 Å². The fraction of sp³-hybridized carbons (Fsp3) is 0.400. The maximum atomic E-state index is 4.61. The van der Waals surface area contributed by atoms with Crippen LogP contribution in [0.25, 0.3) is 0 Å². The van der Waals surface area contributed by atoms with E-state index >= 15 is 0 Å². The van der Waals surface area contributed by atoms with E-state index in [1.807, 2.05) is 12.1 Å². The summed E-state index contributed by atoms with van der Waals surface area (Å²) < 4.78 is 3.33. The van der Waals surface area contributed by atoms with Crippen LogP contribution in [0.2, 0.25) is 0 Å². The van der Waals surface area contributed by atoms with Crippen LogP contribution in [0.15, 0.2) is 45.4 Å². The van der Waals surface area contributed by atoms with E-state index in [1.54, 1.807) is 11.3 Å². The van der Waals surface area contributed by atoms with E-state index in [-0.39, 0.29) is 24.0 Å². The van der Waals surface area contributed by atoms with Crippen molar-refractivity contribution in [3.63, 3.8) is 0 Å². The Balaban J connectivity index is 0.00000242. The highest BCUT2D eigenvalue weighted by Gasteiger charge is 1.99. The Hall–Kier alpha value is -0.540. The SMILES string of the molecule is CCNC(=NCCc1ccc(Br)s1)NCCn1cccc1.I. The molecule has 0 saturated carbocycles. The summed E-state index contributed by atoms with van der Waals surface area (Å²) in [7, 11) is 0. The highest BCUT2D eigenvalue weighted by atomic mass is 127.